The van der Waals surface area contributed by atoms with Crippen molar-refractivity contribution >= 4 is 16.9 Å². The van der Waals surface area contributed by atoms with Gasteiger partial charge in [0, 0.05) is 17.1 Å². The van der Waals surface area contributed by atoms with Crippen LogP contribution in [0.4, 0.5) is 0 Å². The zero-order valence-electron chi connectivity index (χ0n) is 6.73. The van der Waals surface area contributed by atoms with Crippen molar-refractivity contribution in [3.8, 4) is 0 Å². The van der Waals surface area contributed by atoms with Crippen molar-refractivity contribution in [2.24, 2.45) is 0 Å². The summed E-state index contributed by atoms with van der Waals surface area (Å²) in [5.41, 5.74) is 1.31. The number of carboxylic acids is 1. The predicted octanol–water partition coefficient (Wildman–Crippen LogP) is 1.45. The van der Waals surface area contributed by atoms with Gasteiger partial charge < -0.3 is 9.52 Å². The van der Waals surface area contributed by atoms with Crippen molar-refractivity contribution in [1.82, 2.24) is 4.98 Å². The zero-order valence-corrected chi connectivity index (χ0v) is 6.73. The lowest BCUT2D eigenvalue weighted by atomic mass is 10.1. The summed E-state index contributed by atoms with van der Waals surface area (Å²) in [4.78, 5) is 14.3. The van der Waals surface area contributed by atoms with Crippen LogP contribution in [0.5, 0.6) is 0 Å². The van der Waals surface area contributed by atoms with Crippen LogP contribution < -0.4 is 0 Å². The molecule has 0 aliphatic heterocycles. The van der Waals surface area contributed by atoms with Gasteiger partial charge in [-0.3, -0.25) is 9.78 Å². The predicted molar refractivity (Wildman–Crippen MR) is 45.3 cm³/mol. The maximum Gasteiger partial charge on any atom is 0.307 e. The van der Waals surface area contributed by atoms with Crippen molar-refractivity contribution in [2.45, 2.75) is 6.42 Å². The number of hydrogen-bond donors (Lipinski definition) is 1. The second-order valence-corrected chi connectivity index (χ2v) is 2.70. The molecule has 0 unspecified atom stereocenters. The molecule has 0 atom stereocenters. The molecule has 2 rings (SSSR count). The summed E-state index contributed by atoms with van der Waals surface area (Å²) in [5, 5.41) is 9.40. The van der Waals surface area contributed by atoms with E-state index in [4.69, 9.17) is 9.52 Å². The standard InChI is InChI=1S/C9H7NO3/c11-9(12)3-6-5-13-8-4-10-2-1-7(6)8/h1-2,4-5H,3H2,(H,11,12). The van der Waals surface area contributed by atoms with Gasteiger partial charge in [0.1, 0.15) is 0 Å². The Hall–Kier alpha value is -1.84. The first-order valence-corrected chi connectivity index (χ1v) is 3.79. The Bertz CT molecular complexity index is 447. The molecule has 0 bridgehead atoms. The van der Waals surface area contributed by atoms with Gasteiger partial charge >= 0.3 is 5.97 Å². The maximum atomic E-state index is 10.5. The molecule has 13 heavy (non-hydrogen) atoms. The fourth-order valence-electron chi connectivity index (χ4n) is 1.24. The quantitative estimate of drug-likeness (QED) is 0.754. The monoisotopic (exact) mass is 177 g/mol. The summed E-state index contributed by atoms with van der Waals surface area (Å²) in [6.45, 7) is 0. The number of aromatic nitrogens is 1. The average molecular weight is 177 g/mol. The van der Waals surface area contributed by atoms with E-state index in [2.05, 4.69) is 4.98 Å². The van der Waals surface area contributed by atoms with E-state index in [9.17, 15) is 4.79 Å². The number of aliphatic carboxylic acids is 1. The minimum Gasteiger partial charge on any atom is -0.481 e. The van der Waals surface area contributed by atoms with E-state index in [1.165, 1.54) is 6.26 Å². The number of carboxylic acid groups (broad SMARTS) is 1. The van der Waals surface area contributed by atoms with Crippen LogP contribution in [0.1, 0.15) is 5.56 Å². The van der Waals surface area contributed by atoms with E-state index in [1.54, 1.807) is 18.5 Å². The first-order chi connectivity index (χ1) is 6.27. The van der Waals surface area contributed by atoms with E-state index in [-0.39, 0.29) is 6.42 Å². The third-order valence-electron chi connectivity index (χ3n) is 1.80. The molecule has 4 heteroatoms. The molecule has 66 valence electrons. The number of nitrogens with zero attached hydrogens (tertiary/aromatic N) is 1. The molecule has 1 N–H and O–H groups in total. The number of rotatable bonds is 2. The minimum atomic E-state index is -0.862. The van der Waals surface area contributed by atoms with Gasteiger partial charge in [-0.25, -0.2) is 0 Å². The van der Waals surface area contributed by atoms with Crippen LogP contribution in [0.3, 0.4) is 0 Å². The number of furan rings is 1. The number of pyridine rings is 1. The molecule has 0 aromatic carbocycles. The Labute approximate surface area is 73.8 Å². The van der Waals surface area contributed by atoms with Gasteiger partial charge in [-0.05, 0) is 6.07 Å². The van der Waals surface area contributed by atoms with Crippen molar-refractivity contribution in [3.63, 3.8) is 0 Å². The highest BCUT2D eigenvalue weighted by Crippen LogP contribution is 2.19. The third kappa shape index (κ3) is 1.38. The lowest BCUT2D eigenvalue weighted by molar-refractivity contribution is -0.136. The van der Waals surface area contributed by atoms with Crippen LogP contribution >= 0.6 is 0 Å². The van der Waals surface area contributed by atoms with Gasteiger partial charge in [0.2, 0.25) is 0 Å². The van der Waals surface area contributed by atoms with E-state index in [1.807, 2.05) is 0 Å². The van der Waals surface area contributed by atoms with E-state index < -0.39 is 5.97 Å². The molecule has 0 fully saturated rings. The highest BCUT2D eigenvalue weighted by atomic mass is 16.4. The molecule has 2 aromatic rings. The van der Waals surface area contributed by atoms with Crippen molar-refractivity contribution in [1.29, 1.82) is 0 Å². The van der Waals surface area contributed by atoms with Crippen LogP contribution in [0.25, 0.3) is 11.0 Å². The van der Waals surface area contributed by atoms with Gasteiger partial charge in [0.05, 0.1) is 18.9 Å². The second kappa shape index (κ2) is 2.90. The Kier molecular flexibility index (Phi) is 1.73. The zero-order chi connectivity index (χ0) is 9.26. The summed E-state index contributed by atoms with van der Waals surface area (Å²) in [6, 6.07) is 1.75. The van der Waals surface area contributed by atoms with E-state index in [0.29, 0.717) is 11.1 Å². The molecule has 0 radical (unpaired) electrons. The molecule has 0 aliphatic carbocycles. The fourth-order valence-corrected chi connectivity index (χ4v) is 1.24. The van der Waals surface area contributed by atoms with Crippen molar-refractivity contribution in [3.05, 3.63) is 30.3 Å². The molecule has 0 aliphatic rings. The highest BCUT2D eigenvalue weighted by Gasteiger charge is 2.08. The highest BCUT2D eigenvalue weighted by molar-refractivity contribution is 5.84. The van der Waals surface area contributed by atoms with Gasteiger partial charge in [0.15, 0.2) is 5.58 Å². The van der Waals surface area contributed by atoms with Gasteiger partial charge in [-0.1, -0.05) is 0 Å². The first kappa shape index (κ1) is 7.79. The maximum absolute atomic E-state index is 10.5. The van der Waals surface area contributed by atoms with Gasteiger partial charge in [-0.2, -0.15) is 0 Å². The molecule has 4 nitrogen and oxygen atoms in total. The fraction of sp³-hybridized carbons (Fsp3) is 0.111. The third-order valence-corrected chi connectivity index (χ3v) is 1.80. The van der Waals surface area contributed by atoms with Crippen molar-refractivity contribution < 1.29 is 14.3 Å². The van der Waals surface area contributed by atoms with Gasteiger partial charge in [-0.15, -0.1) is 0 Å². The van der Waals surface area contributed by atoms with E-state index >= 15 is 0 Å². The Morgan fingerprint density at radius 3 is 3.23 bits per heavy atom. The number of fused-ring (bicyclic) bond motifs is 1. The normalized spacial score (nSPS) is 10.5. The topological polar surface area (TPSA) is 63.3 Å². The molecular weight excluding hydrogens is 170 g/mol. The van der Waals surface area contributed by atoms with Crippen LogP contribution in [0.2, 0.25) is 0 Å². The van der Waals surface area contributed by atoms with Crippen LogP contribution in [-0.4, -0.2) is 16.1 Å². The molecular formula is C9H7NO3. The average Bonchev–Trinajstić information content (AvgIpc) is 2.48. The minimum absolute atomic E-state index is 0.0169. The largest absolute Gasteiger partial charge is 0.481 e. The summed E-state index contributed by atoms with van der Waals surface area (Å²) in [6.07, 6.45) is 4.63. The lowest BCUT2D eigenvalue weighted by Gasteiger charge is -1.90. The Morgan fingerprint density at radius 1 is 1.62 bits per heavy atom. The lowest BCUT2D eigenvalue weighted by Crippen LogP contribution is -1.98. The molecule has 0 spiro atoms. The van der Waals surface area contributed by atoms with Crippen LogP contribution in [0, 0.1) is 0 Å². The van der Waals surface area contributed by atoms with Crippen LogP contribution in [0.15, 0.2) is 29.1 Å². The summed E-state index contributed by atoms with van der Waals surface area (Å²) >= 11 is 0. The summed E-state index contributed by atoms with van der Waals surface area (Å²) in [7, 11) is 0. The molecule has 2 heterocycles. The molecule has 0 amide bonds. The SMILES string of the molecule is O=C(O)Cc1coc2cnccc12. The molecule has 0 saturated carbocycles. The Balaban J connectivity index is 2.51. The Morgan fingerprint density at radius 2 is 2.46 bits per heavy atom. The summed E-state index contributed by atoms with van der Waals surface area (Å²) in [5.74, 6) is -0.862. The van der Waals surface area contributed by atoms with Gasteiger partial charge in [0.25, 0.3) is 0 Å². The molecule has 2 aromatic heterocycles. The second-order valence-electron chi connectivity index (χ2n) is 2.70. The summed E-state index contributed by atoms with van der Waals surface area (Å²) < 4.78 is 5.12. The number of carbonyl (C=O) groups is 1. The van der Waals surface area contributed by atoms with Crippen molar-refractivity contribution in [2.75, 3.05) is 0 Å². The number of hydrogen-bond acceptors (Lipinski definition) is 3. The molecule has 0 saturated heterocycles. The van der Waals surface area contributed by atoms with E-state index in [0.717, 1.165) is 5.39 Å². The van der Waals surface area contributed by atoms with Crippen LogP contribution in [-0.2, 0) is 11.2 Å². The smallest absolute Gasteiger partial charge is 0.307 e. The first-order valence-electron chi connectivity index (χ1n) is 3.79.